The Hall–Kier alpha value is 0.190. The van der Waals surface area contributed by atoms with Crippen molar-refractivity contribution >= 4 is 10.6 Å². The average molecular weight is 152 g/mol. The maximum Gasteiger partial charge on any atom is 0.0542 e. The lowest BCUT2D eigenvalue weighted by atomic mass is 10.3. The largest absolute Gasteiger partial charge is 0.299 e. The minimum atomic E-state index is -2.25. The topological polar surface area (TPSA) is 78.5 Å². The Bertz CT molecular complexity index is 109. The smallest absolute Gasteiger partial charge is 0.0542 e. The molecule has 0 aliphatic carbocycles. The third-order valence-electron chi connectivity index (χ3n) is 1.50. The molecule has 1 fully saturated rings. The first-order valence-electron chi connectivity index (χ1n) is 2.84. The minimum absolute atomic E-state index is 0.106. The molecule has 0 spiro atoms. The summed E-state index contributed by atoms with van der Waals surface area (Å²) in [6, 6.07) is 0.106. The van der Waals surface area contributed by atoms with E-state index in [-0.39, 0.29) is 6.04 Å². The van der Waals surface area contributed by atoms with Crippen molar-refractivity contribution in [1.29, 1.82) is 0 Å². The molecule has 0 aromatic rings. The first-order chi connectivity index (χ1) is 4.14. The van der Waals surface area contributed by atoms with Gasteiger partial charge in [0.05, 0.1) is 5.75 Å². The Morgan fingerprint density at radius 3 is 2.44 bits per heavy atom. The molecule has 1 rings (SSSR count). The second-order valence-corrected chi connectivity index (χ2v) is 4.67. The van der Waals surface area contributed by atoms with Crippen molar-refractivity contribution in [3.63, 3.8) is 0 Å². The monoisotopic (exact) mass is 152 g/mol. The summed E-state index contributed by atoms with van der Waals surface area (Å²) in [5.74, 6) is 6.02. The van der Waals surface area contributed by atoms with E-state index in [9.17, 15) is 0 Å². The van der Waals surface area contributed by atoms with E-state index in [1.165, 1.54) is 0 Å². The van der Waals surface area contributed by atoms with E-state index in [2.05, 4.69) is 5.43 Å². The number of rotatable bonds is 1. The number of hydrogen-bond acceptors (Lipinski definition) is 4. The Labute approximate surface area is 55.8 Å². The average Bonchev–Trinajstić information content (AvgIpc) is 2.10. The fraction of sp³-hybridized carbons (Fsp3) is 1.00. The Balaban J connectivity index is 2.38. The molecule has 5 N–H and O–H groups in total. The number of hydrogen-bond donors (Lipinski definition) is 4. The summed E-state index contributed by atoms with van der Waals surface area (Å²) in [5.41, 5.74) is 2.52. The normalized spacial score (nSPS) is 36.6. The van der Waals surface area contributed by atoms with Gasteiger partial charge in [0.1, 0.15) is 0 Å². The van der Waals surface area contributed by atoms with Crippen molar-refractivity contribution in [2.45, 2.75) is 12.5 Å². The molecule has 9 heavy (non-hydrogen) atoms. The maximum atomic E-state index is 9.04. The van der Waals surface area contributed by atoms with Crippen LogP contribution in [-0.2, 0) is 0 Å². The van der Waals surface area contributed by atoms with Gasteiger partial charge in [-0.15, -0.1) is 0 Å². The predicted molar refractivity (Wildman–Crippen MR) is 38.3 cm³/mol. The first-order valence-corrected chi connectivity index (χ1v) is 4.72. The fourth-order valence-electron chi connectivity index (χ4n) is 0.951. The summed E-state index contributed by atoms with van der Waals surface area (Å²) >= 11 is 0. The molecule has 0 aromatic carbocycles. The van der Waals surface area contributed by atoms with Crippen LogP contribution in [0.5, 0.6) is 0 Å². The van der Waals surface area contributed by atoms with Gasteiger partial charge in [-0.05, 0) is 6.42 Å². The van der Waals surface area contributed by atoms with Gasteiger partial charge in [-0.1, -0.05) is 0 Å². The van der Waals surface area contributed by atoms with Crippen LogP contribution in [0.4, 0.5) is 0 Å². The minimum Gasteiger partial charge on any atom is -0.299 e. The second kappa shape index (κ2) is 2.43. The lowest BCUT2D eigenvalue weighted by Gasteiger charge is -2.25. The Kier molecular flexibility index (Phi) is 1.97. The lowest BCUT2D eigenvalue weighted by Crippen LogP contribution is -2.35. The van der Waals surface area contributed by atoms with Gasteiger partial charge in [0.2, 0.25) is 0 Å². The van der Waals surface area contributed by atoms with E-state index in [0.29, 0.717) is 11.5 Å². The van der Waals surface area contributed by atoms with Gasteiger partial charge in [0, 0.05) is 11.8 Å². The SMILES string of the molecule is NNC1CCS(O)(O)C1. The molecule has 56 valence electrons. The van der Waals surface area contributed by atoms with Crippen LogP contribution in [0.1, 0.15) is 6.42 Å². The van der Waals surface area contributed by atoms with Crippen LogP contribution in [0.25, 0.3) is 0 Å². The first kappa shape index (κ1) is 7.30. The molecule has 1 unspecified atom stereocenters. The predicted octanol–water partition coefficient (Wildman–Crippen LogP) is -0.0274. The second-order valence-electron chi connectivity index (χ2n) is 2.33. The third kappa shape index (κ3) is 1.80. The molecule has 0 radical (unpaired) electrons. The van der Waals surface area contributed by atoms with E-state index < -0.39 is 10.6 Å². The highest BCUT2D eigenvalue weighted by Gasteiger charge is 2.26. The summed E-state index contributed by atoms with van der Waals surface area (Å²) in [6.45, 7) is 0. The molecule has 1 atom stereocenters. The van der Waals surface area contributed by atoms with Crippen molar-refractivity contribution in [2.24, 2.45) is 5.84 Å². The third-order valence-corrected chi connectivity index (χ3v) is 3.32. The molecule has 0 saturated carbocycles. The van der Waals surface area contributed by atoms with Gasteiger partial charge in [-0.2, -0.15) is 10.6 Å². The molecule has 1 saturated heterocycles. The van der Waals surface area contributed by atoms with Gasteiger partial charge in [0.15, 0.2) is 0 Å². The number of hydrazine groups is 1. The van der Waals surface area contributed by atoms with Gasteiger partial charge in [-0.3, -0.25) is 20.4 Å². The highest BCUT2D eigenvalue weighted by Crippen LogP contribution is 2.45. The summed E-state index contributed by atoms with van der Waals surface area (Å²) in [5, 5.41) is 0. The molecule has 0 aromatic heterocycles. The molecule has 1 aliphatic rings. The van der Waals surface area contributed by atoms with Gasteiger partial charge < -0.3 is 0 Å². The zero-order valence-electron chi connectivity index (χ0n) is 5.08. The van der Waals surface area contributed by atoms with Gasteiger partial charge in [-0.25, -0.2) is 0 Å². The van der Waals surface area contributed by atoms with Crippen molar-refractivity contribution in [2.75, 3.05) is 11.5 Å². The molecule has 5 heteroatoms. The van der Waals surface area contributed by atoms with E-state index in [4.69, 9.17) is 14.9 Å². The molecule has 0 amide bonds. The fourth-order valence-corrected chi connectivity index (χ4v) is 2.69. The number of nitrogens with one attached hydrogen (secondary N) is 1. The van der Waals surface area contributed by atoms with E-state index in [1.54, 1.807) is 0 Å². The van der Waals surface area contributed by atoms with Crippen LogP contribution >= 0.6 is 10.6 Å². The van der Waals surface area contributed by atoms with Gasteiger partial charge >= 0.3 is 0 Å². The summed E-state index contributed by atoms with van der Waals surface area (Å²) in [7, 11) is -2.25. The highest BCUT2D eigenvalue weighted by molar-refractivity contribution is 8.24. The molecule has 1 heterocycles. The van der Waals surface area contributed by atoms with Crippen molar-refractivity contribution in [1.82, 2.24) is 5.43 Å². The van der Waals surface area contributed by atoms with Crippen LogP contribution < -0.4 is 11.3 Å². The van der Waals surface area contributed by atoms with Gasteiger partial charge in [0.25, 0.3) is 0 Å². The van der Waals surface area contributed by atoms with Crippen LogP contribution in [-0.4, -0.2) is 26.7 Å². The van der Waals surface area contributed by atoms with Crippen molar-refractivity contribution in [3.8, 4) is 0 Å². The van der Waals surface area contributed by atoms with E-state index in [0.717, 1.165) is 6.42 Å². The van der Waals surface area contributed by atoms with Crippen molar-refractivity contribution < 1.29 is 9.11 Å². The zero-order valence-corrected chi connectivity index (χ0v) is 5.90. The van der Waals surface area contributed by atoms with Crippen LogP contribution in [0.2, 0.25) is 0 Å². The quantitative estimate of drug-likeness (QED) is 0.314. The lowest BCUT2D eigenvalue weighted by molar-refractivity contribution is 0.492. The van der Waals surface area contributed by atoms with Crippen LogP contribution in [0.3, 0.4) is 0 Å². The standard InChI is InChI=1S/C4H12N2O2S/c5-6-4-1-2-9(7,8)3-4/h4,6-8H,1-3,5H2. The van der Waals surface area contributed by atoms with Crippen LogP contribution in [0, 0.1) is 0 Å². The summed E-state index contributed by atoms with van der Waals surface area (Å²) in [6.07, 6.45) is 0.777. The molecule has 4 nitrogen and oxygen atoms in total. The Morgan fingerprint density at radius 2 is 2.22 bits per heavy atom. The zero-order chi connectivity index (χ0) is 6.91. The van der Waals surface area contributed by atoms with E-state index >= 15 is 0 Å². The number of nitrogens with two attached hydrogens (primary N) is 1. The van der Waals surface area contributed by atoms with Crippen LogP contribution in [0.15, 0.2) is 0 Å². The van der Waals surface area contributed by atoms with Crippen molar-refractivity contribution in [3.05, 3.63) is 0 Å². The molecular formula is C4H12N2O2S. The Morgan fingerprint density at radius 1 is 1.56 bits per heavy atom. The molecule has 0 bridgehead atoms. The molecule has 1 aliphatic heterocycles. The summed E-state index contributed by atoms with van der Waals surface area (Å²) in [4.78, 5) is 0. The highest BCUT2D eigenvalue weighted by atomic mass is 32.3. The maximum absolute atomic E-state index is 9.04. The van der Waals surface area contributed by atoms with E-state index in [1.807, 2.05) is 0 Å². The summed E-state index contributed by atoms with van der Waals surface area (Å²) < 4.78 is 18.1. The molecular weight excluding hydrogens is 140 g/mol.